The van der Waals surface area contributed by atoms with Crippen molar-refractivity contribution in [2.75, 3.05) is 47.5 Å². The van der Waals surface area contributed by atoms with Crippen LogP contribution in [0.3, 0.4) is 0 Å². The lowest BCUT2D eigenvalue weighted by molar-refractivity contribution is -0.870. The quantitative estimate of drug-likeness (QED) is 0.0167. The molecular formula is C42H79NO8P+. The maximum absolute atomic E-state index is 12.6. The predicted molar refractivity (Wildman–Crippen MR) is 215 cm³/mol. The molecule has 52 heavy (non-hydrogen) atoms. The SMILES string of the molecule is CCCCCC/C=C/C=C/CCCCCCCC(=O)O[C@H](COC(=O)CCCCCCC/C=C/CCCCCC)COP(=O)(O)OCC[N+](C)(C)C. The summed E-state index contributed by atoms with van der Waals surface area (Å²) in [5.41, 5.74) is 0. The number of likely N-dealkylation sites (N-methyl/N-ethyl adjacent to an activating group) is 1. The molecular weight excluding hydrogens is 677 g/mol. The van der Waals surface area contributed by atoms with Crippen LogP contribution >= 0.6 is 7.82 Å². The first-order valence-corrected chi connectivity index (χ1v) is 22.2. The average molecular weight is 757 g/mol. The van der Waals surface area contributed by atoms with E-state index in [4.69, 9.17) is 18.5 Å². The van der Waals surface area contributed by atoms with E-state index in [2.05, 4.69) is 50.3 Å². The molecule has 0 aromatic rings. The fourth-order valence-corrected chi connectivity index (χ4v) is 6.09. The van der Waals surface area contributed by atoms with Crippen LogP contribution in [0, 0.1) is 0 Å². The third-order valence-electron chi connectivity index (χ3n) is 8.67. The van der Waals surface area contributed by atoms with Crippen molar-refractivity contribution in [3.8, 4) is 0 Å². The van der Waals surface area contributed by atoms with Crippen LogP contribution in [0.2, 0.25) is 0 Å². The molecule has 0 aliphatic carbocycles. The van der Waals surface area contributed by atoms with Gasteiger partial charge in [-0.1, -0.05) is 127 Å². The summed E-state index contributed by atoms with van der Waals surface area (Å²) in [5.74, 6) is -0.828. The Kier molecular flexibility index (Phi) is 33.8. The molecule has 0 aliphatic rings. The highest BCUT2D eigenvalue weighted by Gasteiger charge is 2.27. The second kappa shape index (κ2) is 35.0. The van der Waals surface area contributed by atoms with Crippen LogP contribution in [0.4, 0.5) is 0 Å². The first-order valence-electron chi connectivity index (χ1n) is 20.7. The lowest BCUT2D eigenvalue weighted by Gasteiger charge is -2.24. The van der Waals surface area contributed by atoms with E-state index in [1.165, 1.54) is 57.8 Å². The number of hydrogen-bond donors (Lipinski definition) is 1. The lowest BCUT2D eigenvalue weighted by atomic mass is 10.1. The Morgan fingerprint density at radius 3 is 1.54 bits per heavy atom. The van der Waals surface area contributed by atoms with Crippen molar-refractivity contribution in [2.45, 2.75) is 174 Å². The summed E-state index contributed by atoms with van der Waals surface area (Å²) < 4.78 is 34.2. The van der Waals surface area contributed by atoms with Crippen LogP contribution in [-0.2, 0) is 32.7 Å². The number of carbonyl (C=O) groups is 2. The van der Waals surface area contributed by atoms with E-state index in [1.807, 2.05) is 21.1 Å². The second-order valence-corrected chi connectivity index (χ2v) is 16.5. The zero-order chi connectivity index (χ0) is 38.6. The van der Waals surface area contributed by atoms with Crippen LogP contribution < -0.4 is 0 Å². The normalized spacial score (nSPS) is 14.0. The lowest BCUT2D eigenvalue weighted by Crippen LogP contribution is -2.37. The van der Waals surface area contributed by atoms with Gasteiger partial charge in [-0.25, -0.2) is 4.57 Å². The molecule has 10 heteroatoms. The van der Waals surface area contributed by atoms with Gasteiger partial charge < -0.3 is 18.9 Å². The van der Waals surface area contributed by atoms with Crippen molar-refractivity contribution in [2.24, 2.45) is 0 Å². The number of ether oxygens (including phenoxy) is 2. The van der Waals surface area contributed by atoms with Gasteiger partial charge in [0.2, 0.25) is 0 Å². The molecule has 0 aliphatic heterocycles. The van der Waals surface area contributed by atoms with Gasteiger partial charge in [0, 0.05) is 12.8 Å². The van der Waals surface area contributed by atoms with E-state index in [0.717, 1.165) is 77.0 Å². The first-order chi connectivity index (χ1) is 25.0. The number of phosphoric ester groups is 1. The largest absolute Gasteiger partial charge is 0.472 e. The van der Waals surface area contributed by atoms with E-state index >= 15 is 0 Å². The van der Waals surface area contributed by atoms with Gasteiger partial charge in [-0.2, -0.15) is 0 Å². The molecule has 0 fully saturated rings. The molecule has 0 radical (unpaired) electrons. The summed E-state index contributed by atoms with van der Waals surface area (Å²) in [6, 6.07) is 0. The molecule has 0 aromatic carbocycles. The van der Waals surface area contributed by atoms with Crippen molar-refractivity contribution in [3.05, 3.63) is 36.5 Å². The molecule has 0 rings (SSSR count). The fraction of sp³-hybridized carbons (Fsp3) is 0.810. The smallest absolute Gasteiger partial charge is 0.462 e. The van der Waals surface area contributed by atoms with Gasteiger partial charge in [0.25, 0.3) is 0 Å². The van der Waals surface area contributed by atoms with Gasteiger partial charge in [-0.15, -0.1) is 0 Å². The number of esters is 2. The van der Waals surface area contributed by atoms with Crippen molar-refractivity contribution in [1.82, 2.24) is 0 Å². The first kappa shape index (κ1) is 50.2. The molecule has 0 saturated carbocycles. The number of allylic oxidation sites excluding steroid dienone is 6. The van der Waals surface area contributed by atoms with Crippen molar-refractivity contribution < 1.29 is 42.1 Å². The predicted octanol–water partition coefficient (Wildman–Crippen LogP) is 11.4. The van der Waals surface area contributed by atoms with E-state index in [-0.39, 0.29) is 32.0 Å². The zero-order valence-electron chi connectivity index (χ0n) is 34.0. The van der Waals surface area contributed by atoms with Gasteiger partial charge in [-0.05, 0) is 64.2 Å². The number of rotatable bonds is 37. The van der Waals surface area contributed by atoms with E-state index in [0.29, 0.717) is 17.4 Å². The van der Waals surface area contributed by atoms with Gasteiger partial charge in [0.15, 0.2) is 6.10 Å². The maximum atomic E-state index is 12.6. The van der Waals surface area contributed by atoms with Crippen LogP contribution in [0.25, 0.3) is 0 Å². The minimum absolute atomic E-state index is 0.0269. The molecule has 0 amide bonds. The number of hydrogen-bond acceptors (Lipinski definition) is 7. The Labute approximate surface area is 319 Å². The highest BCUT2D eigenvalue weighted by molar-refractivity contribution is 7.47. The summed E-state index contributed by atoms with van der Waals surface area (Å²) in [5, 5.41) is 0. The summed E-state index contributed by atoms with van der Waals surface area (Å²) in [6.45, 7) is 4.35. The molecule has 1 N–H and O–H groups in total. The topological polar surface area (TPSA) is 108 Å². The van der Waals surface area contributed by atoms with Gasteiger partial charge in [0.05, 0.1) is 27.7 Å². The highest BCUT2D eigenvalue weighted by Crippen LogP contribution is 2.43. The molecule has 1 unspecified atom stereocenters. The molecule has 0 spiro atoms. The fourth-order valence-electron chi connectivity index (χ4n) is 5.35. The number of nitrogens with zero attached hydrogens (tertiary/aromatic N) is 1. The molecule has 2 atom stereocenters. The number of quaternary nitrogens is 1. The third kappa shape index (κ3) is 38.0. The zero-order valence-corrected chi connectivity index (χ0v) is 34.9. The average Bonchev–Trinajstić information content (AvgIpc) is 3.09. The van der Waals surface area contributed by atoms with Gasteiger partial charge in [0.1, 0.15) is 19.8 Å². The minimum atomic E-state index is -4.38. The third-order valence-corrected chi connectivity index (χ3v) is 9.65. The highest BCUT2D eigenvalue weighted by atomic mass is 31.2. The number of unbranched alkanes of at least 4 members (excludes halogenated alkanes) is 18. The molecule has 0 aromatic heterocycles. The molecule has 0 saturated heterocycles. The van der Waals surface area contributed by atoms with E-state index in [9.17, 15) is 19.0 Å². The van der Waals surface area contributed by atoms with Crippen molar-refractivity contribution in [3.63, 3.8) is 0 Å². The Balaban J connectivity index is 4.45. The van der Waals surface area contributed by atoms with Gasteiger partial charge >= 0.3 is 19.8 Å². The maximum Gasteiger partial charge on any atom is 0.472 e. The summed E-state index contributed by atoms with van der Waals surface area (Å²) in [4.78, 5) is 35.2. The second-order valence-electron chi connectivity index (χ2n) is 15.0. The van der Waals surface area contributed by atoms with Crippen molar-refractivity contribution >= 4 is 19.8 Å². The number of phosphoric acid groups is 1. The number of carbonyl (C=O) groups excluding carboxylic acids is 2. The standard InChI is InChI=1S/C42H78NO8P/c1-6-8-10-12-14-16-18-20-21-23-25-27-29-31-33-35-42(45)51-40(39-50-52(46,47)49-37-36-43(3,4)5)38-48-41(44)34-32-30-28-26-24-22-19-17-15-13-11-9-7-2/h16-21,40H,6-15,22-39H2,1-5H3/p+1/b18-16+,19-17+,21-20+/t40-/m1/s1. The van der Waals surface area contributed by atoms with E-state index in [1.54, 1.807) is 0 Å². The Morgan fingerprint density at radius 1 is 0.596 bits per heavy atom. The molecule has 304 valence electrons. The Morgan fingerprint density at radius 2 is 1.04 bits per heavy atom. The van der Waals surface area contributed by atoms with Crippen LogP contribution in [0.1, 0.15) is 168 Å². The molecule has 0 bridgehead atoms. The minimum Gasteiger partial charge on any atom is -0.462 e. The van der Waals surface area contributed by atoms with E-state index < -0.39 is 26.5 Å². The van der Waals surface area contributed by atoms with Crippen LogP contribution in [0.15, 0.2) is 36.5 Å². The summed E-state index contributed by atoms with van der Waals surface area (Å²) >= 11 is 0. The van der Waals surface area contributed by atoms with Crippen molar-refractivity contribution in [1.29, 1.82) is 0 Å². The Hall–Kier alpha value is -1.77. The monoisotopic (exact) mass is 757 g/mol. The molecule has 0 heterocycles. The molecule has 9 nitrogen and oxygen atoms in total. The summed E-state index contributed by atoms with van der Waals surface area (Å²) in [7, 11) is 1.46. The summed E-state index contributed by atoms with van der Waals surface area (Å²) in [6.07, 6.45) is 37.5. The van der Waals surface area contributed by atoms with Crippen LogP contribution in [0.5, 0.6) is 0 Å². The van der Waals surface area contributed by atoms with Crippen LogP contribution in [-0.4, -0.2) is 74.9 Å². The van der Waals surface area contributed by atoms with Gasteiger partial charge in [-0.3, -0.25) is 18.6 Å². The Bertz CT molecular complexity index is 991.